The normalized spacial score (nSPS) is 16.1. The Labute approximate surface area is 254 Å². The molecule has 212 valence electrons. The van der Waals surface area contributed by atoms with Gasteiger partial charge in [-0.05, 0) is 0 Å². The Balaban J connectivity index is 0.00000153. The Morgan fingerprint density at radius 3 is 1.98 bits per heavy atom. The van der Waals surface area contributed by atoms with Crippen molar-refractivity contribution in [1.29, 1.82) is 0 Å². The van der Waals surface area contributed by atoms with Gasteiger partial charge in [0, 0.05) is 0 Å². The second-order valence-electron chi connectivity index (χ2n) is 7.98. The van der Waals surface area contributed by atoms with Gasteiger partial charge in [-0.15, -0.1) is 0 Å². The number of fused-ring (bicyclic) bond motifs is 1. The predicted octanol–water partition coefficient (Wildman–Crippen LogP) is 4.77. The van der Waals surface area contributed by atoms with Crippen LogP contribution >= 0.6 is 0 Å². The monoisotopic (exact) mass is 736 g/mol. The van der Waals surface area contributed by atoms with Gasteiger partial charge >= 0.3 is 255 Å². The SMILES string of the molecule is CCO[C](=[W])C1=C(c2ccc(C)cc2)N2C(=O)C[C@@H](c3ccccc3)N2[C@H]1c1ccco1.[C-]#[O+].[C-]#[O+].[C-]#[O+].[C-]#[O+].[C-]#[O+]. The maximum absolute atomic E-state index is 13.5. The zero-order valence-corrected chi connectivity index (χ0v) is 25.5. The van der Waals surface area contributed by atoms with Gasteiger partial charge in [-0.1, -0.05) is 0 Å². The molecule has 0 radical (unpaired) electrons. The standard InChI is InChI=1S/C26H24N2O3.5CO.W/c1-3-30-17-21-25(20-13-11-18(2)12-14-20)28-24(29)16-22(19-8-5-4-6-9-19)27(28)26(21)23-10-7-15-31-23;5*1-2;/h4-15,22,26H,3,16H2,1-2H3;;;;;;/t22-,26+;;;;;;/m0....../s1. The Bertz CT molecular complexity index is 1370. The molecule has 0 N–H and O–H groups in total. The number of hydrazine groups is 1. The third-order valence-electron chi connectivity index (χ3n) is 5.98. The van der Waals surface area contributed by atoms with Crippen LogP contribution in [0.2, 0.25) is 0 Å². The molecule has 2 aliphatic heterocycles. The Kier molecular flexibility index (Phi) is 19.0. The van der Waals surface area contributed by atoms with Crippen molar-refractivity contribution in [2.75, 3.05) is 6.61 Å². The van der Waals surface area contributed by atoms with Gasteiger partial charge in [0.05, 0.1) is 0 Å². The number of benzene rings is 2. The number of ether oxygens (including phenoxy) is 1. The van der Waals surface area contributed by atoms with Crippen molar-refractivity contribution in [2.24, 2.45) is 0 Å². The molecule has 11 heteroatoms. The fourth-order valence-corrected chi connectivity index (χ4v) is 5.77. The summed E-state index contributed by atoms with van der Waals surface area (Å²) in [4.78, 5) is 13.5. The van der Waals surface area contributed by atoms with Gasteiger partial charge in [0.25, 0.3) is 0 Å². The van der Waals surface area contributed by atoms with Crippen LogP contribution in [-0.4, -0.2) is 26.6 Å². The fourth-order valence-electron chi connectivity index (χ4n) is 4.60. The number of hydrogen-bond donors (Lipinski definition) is 0. The zero-order chi connectivity index (χ0) is 32.2. The van der Waals surface area contributed by atoms with E-state index in [0.29, 0.717) is 13.0 Å². The molecule has 0 unspecified atom stereocenters. The fraction of sp³-hybridized carbons (Fsp3) is 0.194. The van der Waals surface area contributed by atoms with Crippen molar-refractivity contribution in [2.45, 2.75) is 32.4 Å². The van der Waals surface area contributed by atoms with Gasteiger partial charge in [-0.25, -0.2) is 0 Å². The van der Waals surface area contributed by atoms with Crippen LogP contribution in [0.5, 0.6) is 0 Å². The third kappa shape index (κ3) is 8.56. The molecule has 1 fully saturated rings. The molecule has 0 aliphatic carbocycles. The van der Waals surface area contributed by atoms with E-state index in [0.717, 1.165) is 32.2 Å². The van der Waals surface area contributed by atoms with Crippen LogP contribution in [-0.2, 0) is 52.1 Å². The molecule has 42 heavy (non-hydrogen) atoms. The maximum atomic E-state index is 13.5. The number of hydrogen-bond acceptors (Lipinski definition) is 4. The van der Waals surface area contributed by atoms with E-state index in [-0.39, 0.29) is 18.0 Å². The predicted molar refractivity (Wildman–Crippen MR) is 138 cm³/mol. The molecule has 1 aromatic heterocycles. The Morgan fingerprint density at radius 2 is 1.48 bits per heavy atom. The Hall–Kier alpha value is -3.89. The van der Waals surface area contributed by atoms with Crippen molar-refractivity contribution < 1.29 is 56.6 Å². The van der Waals surface area contributed by atoms with Crippen LogP contribution in [0.4, 0.5) is 0 Å². The van der Waals surface area contributed by atoms with Crippen molar-refractivity contribution in [1.82, 2.24) is 10.0 Å². The molecular formula is C31H24N2O8W. The first kappa shape index (κ1) is 38.1. The van der Waals surface area contributed by atoms with E-state index in [1.165, 1.54) is 24.9 Å². The van der Waals surface area contributed by atoms with E-state index in [9.17, 15) is 4.79 Å². The summed E-state index contributed by atoms with van der Waals surface area (Å²) >= 11 is 1.23. The topological polar surface area (TPSA) is 145 Å². The minimum absolute atomic E-state index is 0.0822. The van der Waals surface area contributed by atoms with E-state index in [1.807, 2.05) is 42.3 Å². The van der Waals surface area contributed by atoms with E-state index < -0.39 is 0 Å². The number of amides is 1. The van der Waals surface area contributed by atoms with Crippen LogP contribution in [0, 0.1) is 40.2 Å². The van der Waals surface area contributed by atoms with E-state index in [2.05, 4.69) is 81.6 Å². The van der Waals surface area contributed by atoms with E-state index in [4.69, 9.17) is 32.4 Å². The number of aryl methyl sites for hydroxylation is 1. The van der Waals surface area contributed by atoms with Gasteiger partial charge in [-0.2, -0.15) is 0 Å². The summed E-state index contributed by atoms with van der Waals surface area (Å²) in [6, 6.07) is 22.2. The summed E-state index contributed by atoms with van der Waals surface area (Å²) in [5.74, 6) is 0.890. The van der Waals surface area contributed by atoms with Crippen molar-refractivity contribution in [3.8, 4) is 0 Å². The average Bonchev–Trinajstić information content (AvgIpc) is 3.80. The Morgan fingerprint density at radius 1 is 0.905 bits per heavy atom. The van der Waals surface area contributed by atoms with Crippen LogP contribution < -0.4 is 0 Å². The van der Waals surface area contributed by atoms with Crippen molar-refractivity contribution >= 4 is 15.7 Å². The molecule has 1 amide bonds. The molecule has 10 nitrogen and oxygen atoms in total. The number of carbonyl (C=O) groups is 1. The molecule has 2 aromatic carbocycles. The zero-order valence-electron chi connectivity index (χ0n) is 22.6. The molecule has 2 aliphatic rings. The van der Waals surface area contributed by atoms with Crippen LogP contribution in [0.1, 0.15) is 47.9 Å². The first-order chi connectivity index (χ1) is 20.6. The third-order valence-corrected chi connectivity index (χ3v) is 7.19. The van der Waals surface area contributed by atoms with Gasteiger partial charge in [0.2, 0.25) is 0 Å². The summed E-state index contributed by atoms with van der Waals surface area (Å²) < 4.78 is 50.4. The molecule has 3 aromatic rings. The second-order valence-corrected chi connectivity index (χ2v) is 9.32. The first-order valence-corrected chi connectivity index (χ1v) is 13.3. The van der Waals surface area contributed by atoms with Gasteiger partial charge in [0.15, 0.2) is 0 Å². The van der Waals surface area contributed by atoms with Crippen LogP contribution in [0.25, 0.3) is 5.70 Å². The molecule has 0 bridgehead atoms. The summed E-state index contributed by atoms with van der Waals surface area (Å²) in [5.41, 5.74) is 5.21. The number of furan rings is 1. The second kappa shape index (κ2) is 20.9. The summed E-state index contributed by atoms with van der Waals surface area (Å²) in [5, 5.41) is 4.05. The van der Waals surface area contributed by atoms with E-state index >= 15 is 0 Å². The quantitative estimate of drug-likeness (QED) is 0.265. The van der Waals surface area contributed by atoms with Crippen molar-refractivity contribution in [3.05, 3.63) is 134 Å². The molecule has 0 spiro atoms. The molecule has 2 atom stereocenters. The van der Waals surface area contributed by atoms with Gasteiger partial charge in [0.1, 0.15) is 0 Å². The van der Waals surface area contributed by atoms with Crippen LogP contribution in [0.15, 0.2) is 83.0 Å². The van der Waals surface area contributed by atoms with Gasteiger partial charge in [-0.3, -0.25) is 0 Å². The molecular weight excluding hydrogens is 712 g/mol. The summed E-state index contributed by atoms with van der Waals surface area (Å²) in [6.45, 7) is 27.1. The summed E-state index contributed by atoms with van der Waals surface area (Å²) in [7, 11) is 0. The number of nitrogens with zero attached hydrogens (tertiary/aromatic N) is 2. The molecule has 3 heterocycles. The first-order valence-electron chi connectivity index (χ1n) is 11.8. The van der Waals surface area contributed by atoms with Crippen molar-refractivity contribution in [3.63, 3.8) is 0 Å². The summed E-state index contributed by atoms with van der Waals surface area (Å²) in [6.07, 6.45) is 2.11. The van der Waals surface area contributed by atoms with Crippen LogP contribution in [0.3, 0.4) is 0 Å². The number of rotatable bonds is 6. The molecule has 1 saturated heterocycles. The molecule has 0 saturated carbocycles. The minimum atomic E-state index is -0.239. The average molecular weight is 736 g/mol. The van der Waals surface area contributed by atoms with Gasteiger partial charge < -0.3 is 0 Å². The van der Waals surface area contributed by atoms with E-state index in [1.54, 1.807) is 6.26 Å². The number of carbonyl (C=O) groups excluding carboxylic acids is 1. The molecule has 5 rings (SSSR count).